The third-order valence-corrected chi connectivity index (χ3v) is 2.31. The van der Waals surface area contributed by atoms with Gasteiger partial charge in [-0.25, -0.2) is 0 Å². The molecule has 2 rings (SSSR count). The highest BCUT2D eigenvalue weighted by Gasteiger charge is 2.02. The highest BCUT2D eigenvalue weighted by Crippen LogP contribution is 2.19. The summed E-state index contributed by atoms with van der Waals surface area (Å²) in [4.78, 5) is 0. The first kappa shape index (κ1) is 10.4. The van der Waals surface area contributed by atoms with E-state index in [-0.39, 0.29) is 13.2 Å². The zero-order valence-electron chi connectivity index (χ0n) is 8.67. The van der Waals surface area contributed by atoms with Crippen molar-refractivity contribution in [2.45, 2.75) is 13.2 Å². The van der Waals surface area contributed by atoms with Gasteiger partial charge in [-0.15, -0.1) is 0 Å². The van der Waals surface area contributed by atoms with Crippen LogP contribution < -0.4 is 0 Å². The van der Waals surface area contributed by atoms with Gasteiger partial charge in [0.25, 0.3) is 0 Å². The van der Waals surface area contributed by atoms with Crippen LogP contribution in [0.25, 0.3) is 11.1 Å². The van der Waals surface area contributed by atoms with Crippen LogP contribution in [-0.2, 0) is 13.2 Å². The van der Waals surface area contributed by atoms with E-state index in [0.717, 1.165) is 16.7 Å². The topological polar surface area (TPSA) is 61.8 Å². The predicted molar refractivity (Wildman–Crippen MR) is 59.2 cm³/mol. The van der Waals surface area contributed by atoms with Crippen molar-refractivity contribution < 1.29 is 5.11 Å². The SMILES string of the molecule is N#CCn1cc(-c2cccc(CO)c2)cn1. The van der Waals surface area contributed by atoms with Crippen molar-refractivity contribution >= 4 is 0 Å². The molecule has 2 aromatic rings. The minimum atomic E-state index is 0.0279. The molecule has 0 fully saturated rings. The van der Waals surface area contributed by atoms with E-state index in [1.165, 1.54) is 0 Å². The van der Waals surface area contributed by atoms with E-state index in [4.69, 9.17) is 10.4 Å². The number of rotatable bonds is 3. The Morgan fingerprint density at radius 1 is 1.38 bits per heavy atom. The van der Waals surface area contributed by atoms with Crippen molar-refractivity contribution in [1.82, 2.24) is 9.78 Å². The Morgan fingerprint density at radius 3 is 3.00 bits per heavy atom. The summed E-state index contributed by atoms with van der Waals surface area (Å²) in [6, 6.07) is 9.65. The molecule has 1 aromatic heterocycles. The van der Waals surface area contributed by atoms with Gasteiger partial charge in [0.1, 0.15) is 6.54 Å². The highest BCUT2D eigenvalue weighted by molar-refractivity contribution is 5.62. The van der Waals surface area contributed by atoms with Crippen molar-refractivity contribution in [3.05, 3.63) is 42.2 Å². The molecule has 1 heterocycles. The lowest BCUT2D eigenvalue weighted by molar-refractivity contribution is 0.282. The molecule has 4 heteroatoms. The van der Waals surface area contributed by atoms with E-state index in [2.05, 4.69) is 5.10 Å². The van der Waals surface area contributed by atoms with Crippen molar-refractivity contribution in [3.63, 3.8) is 0 Å². The van der Waals surface area contributed by atoms with Gasteiger partial charge in [-0.2, -0.15) is 10.4 Å². The average Bonchev–Trinajstić information content (AvgIpc) is 2.78. The maximum atomic E-state index is 9.03. The summed E-state index contributed by atoms with van der Waals surface area (Å²) in [5, 5.41) is 21.6. The van der Waals surface area contributed by atoms with Gasteiger partial charge in [0, 0.05) is 11.8 Å². The fraction of sp³-hybridized carbons (Fsp3) is 0.167. The van der Waals surface area contributed by atoms with Gasteiger partial charge in [0.05, 0.1) is 18.9 Å². The predicted octanol–water partition coefficient (Wildman–Crippen LogP) is 1.57. The molecule has 16 heavy (non-hydrogen) atoms. The van der Waals surface area contributed by atoms with Crippen LogP contribution in [0.1, 0.15) is 5.56 Å². The quantitative estimate of drug-likeness (QED) is 0.841. The van der Waals surface area contributed by atoms with Crippen LogP contribution in [0.3, 0.4) is 0 Å². The van der Waals surface area contributed by atoms with Crippen molar-refractivity contribution in [1.29, 1.82) is 5.26 Å². The smallest absolute Gasteiger partial charge is 0.128 e. The number of hydrogen-bond acceptors (Lipinski definition) is 3. The molecular weight excluding hydrogens is 202 g/mol. The van der Waals surface area contributed by atoms with Gasteiger partial charge in [0.2, 0.25) is 0 Å². The number of nitrogens with zero attached hydrogens (tertiary/aromatic N) is 3. The summed E-state index contributed by atoms with van der Waals surface area (Å²) in [6.45, 7) is 0.278. The lowest BCUT2D eigenvalue weighted by Gasteiger charge is -1.99. The number of benzene rings is 1. The fourth-order valence-corrected chi connectivity index (χ4v) is 1.52. The van der Waals surface area contributed by atoms with E-state index in [0.29, 0.717) is 0 Å². The Kier molecular flexibility index (Phi) is 2.99. The van der Waals surface area contributed by atoms with Gasteiger partial charge >= 0.3 is 0 Å². The van der Waals surface area contributed by atoms with Gasteiger partial charge in [-0.3, -0.25) is 4.68 Å². The molecule has 0 unspecified atom stereocenters. The molecule has 0 atom stereocenters. The first-order valence-electron chi connectivity index (χ1n) is 4.93. The van der Waals surface area contributed by atoms with Gasteiger partial charge < -0.3 is 5.11 Å². The van der Waals surface area contributed by atoms with E-state index < -0.39 is 0 Å². The second kappa shape index (κ2) is 4.60. The highest BCUT2D eigenvalue weighted by atomic mass is 16.3. The molecule has 0 saturated heterocycles. The van der Waals surface area contributed by atoms with Crippen LogP contribution in [0.5, 0.6) is 0 Å². The van der Waals surface area contributed by atoms with Crippen molar-refractivity contribution in [2.24, 2.45) is 0 Å². The standard InChI is InChI=1S/C12H11N3O/c13-4-5-15-8-12(7-14-15)11-3-1-2-10(6-11)9-16/h1-3,6-8,16H,5,9H2. The number of aliphatic hydroxyl groups is 1. The lowest BCUT2D eigenvalue weighted by Crippen LogP contribution is -1.94. The zero-order chi connectivity index (χ0) is 11.4. The Balaban J connectivity index is 2.31. The van der Waals surface area contributed by atoms with Gasteiger partial charge in [-0.1, -0.05) is 18.2 Å². The average molecular weight is 213 g/mol. The molecule has 80 valence electrons. The maximum Gasteiger partial charge on any atom is 0.128 e. The summed E-state index contributed by atoms with van der Waals surface area (Å²) in [7, 11) is 0. The number of hydrogen-bond donors (Lipinski definition) is 1. The normalized spacial score (nSPS) is 10.0. The van der Waals surface area contributed by atoms with E-state index in [1.54, 1.807) is 10.9 Å². The number of aliphatic hydroxyl groups excluding tert-OH is 1. The van der Waals surface area contributed by atoms with Crippen LogP contribution >= 0.6 is 0 Å². The van der Waals surface area contributed by atoms with Crippen molar-refractivity contribution in [2.75, 3.05) is 0 Å². The summed E-state index contributed by atoms with van der Waals surface area (Å²) in [6.07, 6.45) is 3.54. The van der Waals surface area contributed by atoms with Crippen LogP contribution in [-0.4, -0.2) is 14.9 Å². The number of aromatic nitrogens is 2. The molecular formula is C12H11N3O. The summed E-state index contributed by atoms with van der Waals surface area (Å²) in [5.41, 5.74) is 2.81. The maximum absolute atomic E-state index is 9.03. The molecule has 4 nitrogen and oxygen atoms in total. The van der Waals surface area contributed by atoms with E-state index in [9.17, 15) is 0 Å². The number of nitriles is 1. The van der Waals surface area contributed by atoms with Crippen molar-refractivity contribution in [3.8, 4) is 17.2 Å². The Labute approximate surface area is 93.4 Å². The Morgan fingerprint density at radius 2 is 2.25 bits per heavy atom. The molecule has 0 saturated carbocycles. The summed E-state index contributed by atoms with van der Waals surface area (Å²) >= 11 is 0. The van der Waals surface area contributed by atoms with E-state index in [1.807, 2.05) is 36.5 Å². The third-order valence-electron chi connectivity index (χ3n) is 2.31. The van der Waals surface area contributed by atoms with Gasteiger partial charge in [0.15, 0.2) is 0 Å². The molecule has 0 aliphatic rings. The summed E-state index contributed by atoms with van der Waals surface area (Å²) < 4.78 is 1.58. The monoisotopic (exact) mass is 213 g/mol. The molecule has 0 radical (unpaired) electrons. The molecule has 0 spiro atoms. The molecule has 0 aliphatic carbocycles. The first-order valence-corrected chi connectivity index (χ1v) is 4.93. The second-order valence-corrected chi connectivity index (χ2v) is 3.44. The van der Waals surface area contributed by atoms with Crippen LogP contribution in [0.15, 0.2) is 36.7 Å². The largest absolute Gasteiger partial charge is 0.392 e. The molecule has 0 aliphatic heterocycles. The molecule has 0 bridgehead atoms. The van der Waals surface area contributed by atoms with Gasteiger partial charge in [-0.05, 0) is 17.2 Å². The second-order valence-electron chi connectivity index (χ2n) is 3.44. The molecule has 1 N–H and O–H groups in total. The van der Waals surface area contributed by atoms with Crippen LogP contribution in [0.2, 0.25) is 0 Å². The van der Waals surface area contributed by atoms with E-state index >= 15 is 0 Å². The zero-order valence-corrected chi connectivity index (χ0v) is 8.67. The fourth-order valence-electron chi connectivity index (χ4n) is 1.52. The molecule has 1 aromatic carbocycles. The lowest BCUT2D eigenvalue weighted by atomic mass is 10.1. The molecule has 0 amide bonds. The summed E-state index contributed by atoms with van der Waals surface area (Å²) in [5.74, 6) is 0. The Bertz CT molecular complexity index is 525. The van der Waals surface area contributed by atoms with Crippen LogP contribution in [0, 0.1) is 11.3 Å². The minimum absolute atomic E-state index is 0.0279. The van der Waals surface area contributed by atoms with Crippen LogP contribution in [0.4, 0.5) is 0 Å². The first-order chi connectivity index (χ1) is 7.83. The minimum Gasteiger partial charge on any atom is -0.392 e. The third kappa shape index (κ3) is 2.10. The Hall–Kier alpha value is -2.12.